The fourth-order valence-corrected chi connectivity index (χ4v) is 4.41. The molecule has 1 N–H and O–H groups in total. The first-order valence-corrected chi connectivity index (χ1v) is 11.7. The number of methoxy groups -OCH3 is 1. The lowest BCUT2D eigenvalue weighted by molar-refractivity contribution is -0.118. The second-order valence-electron chi connectivity index (χ2n) is 7.55. The maximum atomic E-state index is 13.2. The topological polar surface area (TPSA) is 70.6 Å². The van der Waals surface area contributed by atoms with Crippen LogP contribution in [0.15, 0.2) is 66.0 Å². The van der Waals surface area contributed by atoms with Crippen molar-refractivity contribution < 1.29 is 13.9 Å². The summed E-state index contributed by atoms with van der Waals surface area (Å²) in [5.41, 5.74) is 2.02. The van der Waals surface area contributed by atoms with Crippen LogP contribution in [0.2, 0.25) is 0 Å². The van der Waals surface area contributed by atoms with Crippen molar-refractivity contribution in [3.8, 4) is 5.75 Å². The molecule has 1 amide bonds. The quantitative estimate of drug-likeness (QED) is 0.510. The summed E-state index contributed by atoms with van der Waals surface area (Å²) < 4.78 is 18.3. The molecule has 7 nitrogen and oxygen atoms in total. The van der Waals surface area contributed by atoms with Gasteiger partial charge >= 0.3 is 0 Å². The van der Waals surface area contributed by atoms with Crippen molar-refractivity contribution >= 4 is 29.2 Å². The van der Waals surface area contributed by atoms with E-state index < -0.39 is 0 Å². The second kappa shape index (κ2) is 11.0. The number of carbonyl (C=O) groups excluding carboxylic acids is 1. The van der Waals surface area contributed by atoms with E-state index in [2.05, 4.69) is 25.1 Å². The molecular weight excluding hydrogens is 441 g/mol. The third-order valence-corrected chi connectivity index (χ3v) is 6.37. The summed E-state index contributed by atoms with van der Waals surface area (Å²) in [7, 11) is 1.63. The average molecular weight is 468 g/mol. The van der Waals surface area contributed by atoms with E-state index in [0.717, 1.165) is 54.0 Å². The Morgan fingerprint density at radius 3 is 2.36 bits per heavy atom. The van der Waals surface area contributed by atoms with E-state index in [9.17, 15) is 9.18 Å². The van der Waals surface area contributed by atoms with Crippen molar-refractivity contribution in [3.05, 3.63) is 72.3 Å². The number of rotatable bonds is 8. The number of benzene rings is 2. The Kier molecular flexibility index (Phi) is 7.62. The van der Waals surface area contributed by atoms with E-state index in [1.165, 1.54) is 23.9 Å². The molecule has 1 fully saturated rings. The van der Waals surface area contributed by atoms with Crippen molar-refractivity contribution in [2.45, 2.75) is 11.6 Å². The van der Waals surface area contributed by atoms with Gasteiger partial charge in [0.05, 0.1) is 12.9 Å². The zero-order chi connectivity index (χ0) is 23.0. The zero-order valence-electron chi connectivity index (χ0n) is 18.4. The van der Waals surface area contributed by atoms with E-state index in [1.54, 1.807) is 31.6 Å². The van der Waals surface area contributed by atoms with Gasteiger partial charge in [-0.15, -0.1) is 0 Å². The van der Waals surface area contributed by atoms with Gasteiger partial charge in [-0.1, -0.05) is 23.9 Å². The lowest BCUT2D eigenvalue weighted by Crippen LogP contribution is -2.47. The Balaban J connectivity index is 1.29. The summed E-state index contributed by atoms with van der Waals surface area (Å²) >= 11 is 1.39. The molecule has 4 rings (SSSR count). The molecule has 9 heteroatoms. The van der Waals surface area contributed by atoms with Crippen molar-refractivity contribution in [2.75, 3.05) is 48.8 Å². The first kappa shape index (κ1) is 22.8. The number of halogens is 1. The van der Waals surface area contributed by atoms with Gasteiger partial charge in [-0.25, -0.2) is 14.4 Å². The van der Waals surface area contributed by atoms with Gasteiger partial charge in [0.1, 0.15) is 16.6 Å². The Bertz CT molecular complexity index is 1060. The fraction of sp³-hybridized carbons (Fsp3) is 0.292. The van der Waals surface area contributed by atoms with Gasteiger partial charge in [0.2, 0.25) is 5.91 Å². The standard InChI is InChI=1S/C24H26FN5O2S/c1-32-21-8-2-18(3-9-21)16-28-22(31)17-33-24-23(26-10-11-27-24)30-14-12-29(13-15-30)20-6-4-19(25)5-7-20/h2-11H,12-17H2,1H3,(H,28,31). The molecule has 3 aromatic rings. The fourth-order valence-electron chi connectivity index (χ4n) is 3.59. The molecule has 0 radical (unpaired) electrons. The van der Waals surface area contributed by atoms with Crippen molar-refractivity contribution in [1.82, 2.24) is 15.3 Å². The van der Waals surface area contributed by atoms with Crippen LogP contribution in [0, 0.1) is 5.82 Å². The van der Waals surface area contributed by atoms with Crippen LogP contribution < -0.4 is 19.9 Å². The molecule has 0 unspecified atom stereocenters. The lowest BCUT2D eigenvalue weighted by atomic mass is 10.2. The third-order valence-electron chi connectivity index (χ3n) is 5.41. The Labute approximate surface area is 197 Å². The van der Waals surface area contributed by atoms with Crippen LogP contribution >= 0.6 is 11.8 Å². The van der Waals surface area contributed by atoms with Crippen LogP contribution in [-0.4, -0.2) is 54.9 Å². The minimum atomic E-state index is -0.230. The van der Waals surface area contributed by atoms with Crippen LogP contribution in [0.1, 0.15) is 5.56 Å². The monoisotopic (exact) mass is 467 g/mol. The lowest BCUT2D eigenvalue weighted by Gasteiger charge is -2.37. The summed E-state index contributed by atoms with van der Waals surface area (Å²) in [5, 5.41) is 3.68. The number of hydrogen-bond acceptors (Lipinski definition) is 7. The van der Waals surface area contributed by atoms with E-state index in [4.69, 9.17) is 4.74 Å². The van der Waals surface area contributed by atoms with Crippen LogP contribution in [-0.2, 0) is 11.3 Å². The van der Waals surface area contributed by atoms with Gasteiger partial charge in [-0.3, -0.25) is 4.79 Å². The highest BCUT2D eigenvalue weighted by molar-refractivity contribution is 8.00. The van der Waals surface area contributed by atoms with E-state index >= 15 is 0 Å². The van der Waals surface area contributed by atoms with Gasteiger partial charge < -0.3 is 19.9 Å². The number of anilines is 2. The van der Waals surface area contributed by atoms with E-state index in [0.29, 0.717) is 6.54 Å². The van der Waals surface area contributed by atoms with Crippen molar-refractivity contribution in [2.24, 2.45) is 0 Å². The number of aromatic nitrogens is 2. The maximum Gasteiger partial charge on any atom is 0.230 e. The average Bonchev–Trinajstić information content (AvgIpc) is 2.87. The molecule has 0 bridgehead atoms. The minimum absolute atomic E-state index is 0.0615. The molecule has 172 valence electrons. The number of thioether (sulfide) groups is 1. The summed E-state index contributed by atoms with van der Waals surface area (Å²) in [6.45, 7) is 3.60. The SMILES string of the molecule is COc1ccc(CNC(=O)CSc2nccnc2N2CCN(c3ccc(F)cc3)CC2)cc1. The Morgan fingerprint density at radius 1 is 1.00 bits per heavy atom. The second-order valence-corrected chi connectivity index (χ2v) is 8.51. The maximum absolute atomic E-state index is 13.2. The van der Waals surface area contributed by atoms with E-state index in [-0.39, 0.29) is 17.5 Å². The number of ether oxygens (including phenoxy) is 1. The van der Waals surface area contributed by atoms with Crippen LogP contribution in [0.25, 0.3) is 0 Å². The van der Waals surface area contributed by atoms with Crippen molar-refractivity contribution in [1.29, 1.82) is 0 Å². The molecule has 0 saturated carbocycles. The summed E-state index contributed by atoms with van der Waals surface area (Å²) in [6.07, 6.45) is 3.32. The van der Waals surface area contributed by atoms with Gasteiger partial charge in [0.25, 0.3) is 0 Å². The molecule has 0 aliphatic carbocycles. The predicted octanol–water partition coefficient (Wildman–Crippen LogP) is 3.36. The molecule has 2 aromatic carbocycles. The molecule has 1 aromatic heterocycles. The Morgan fingerprint density at radius 2 is 1.67 bits per heavy atom. The predicted molar refractivity (Wildman–Crippen MR) is 128 cm³/mol. The molecule has 0 spiro atoms. The van der Waals surface area contributed by atoms with Gasteiger partial charge in [-0.2, -0.15) is 0 Å². The summed E-state index contributed by atoms with van der Waals surface area (Å²) in [5.74, 6) is 1.55. The number of nitrogens with zero attached hydrogens (tertiary/aromatic N) is 4. The normalized spacial score (nSPS) is 13.6. The van der Waals surface area contributed by atoms with Crippen LogP contribution in [0.3, 0.4) is 0 Å². The molecule has 1 aliphatic heterocycles. The minimum Gasteiger partial charge on any atom is -0.497 e. The first-order chi connectivity index (χ1) is 16.1. The largest absolute Gasteiger partial charge is 0.497 e. The number of amides is 1. The molecule has 1 saturated heterocycles. The molecular formula is C24H26FN5O2S. The highest BCUT2D eigenvalue weighted by atomic mass is 32.2. The number of nitrogens with one attached hydrogen (secondary N) is 1. The smallest absolute Gasteiger partial charge is 0.230 e. The summed E-state index contributed by atoms with van der Waals surface area (Å²) in [6, 6.07) is 14.2. The first-order valence-electron chi connectivity index (χ1n) is 10.7. The van der Waals surface area contributed by atoms with E-state index in [1.807, 2.05) is 24.3 Å². The highest BCUT2D eigenvalue weighted by Crippen LogP contribution is 2.27. The molecule has 33 heavy (non-hydrogen) atoms. The molecule has 1 aliphatic rings. The zero-order valence-corrected chi connectivity index (χ0v) is 19.2. The highest BCUT2D eigenvalue weighted by Gasteiger charge is 2.21. The molecule has 2 heterocycles. The number of piperazine rings is 1. The van der Waals surface area contributed by atoms with Crippen molar-refractivity contribution in [3.63, 3.8) is 0 Å². The van der Waals surface area contributed by atoms with Crippen LogP contribution in [0.5, 0.6) is 5.75 Å². The number of carbonyl (C=O) groups is 1. The van der Waals surface area contributed by atoms with Gasteiger partial charge in [0, 0.05) is 50.8 Å². The Hall–Kier alpha value is -3.33. The van der Waals surface area contributed by atoms with Gasteiger partial charge in [0.15, 0.2) is 5.82 Å². The molecule has 0 atom stereocenters. The van der Waals surface area contributed by atoms with Crippen LogP contribution in [0.4, 0.5) is 15.9 Å². The number of hydrogen-bond donors (Lipinski definition) is 1. The summed E-state index contributed by atoms with van der Waals surface area (Å²) in [4.78, 5) is 25.8. The third kappa shape index (κ3) is 6.13. The van der Waals surface area contributed by atoms with Gasteiger partial charge in [-0.05, 0) is 42.0 Å².